The molecule has 0 radical (unpaired) electrons. The zero-order chi connectivity index (χ0) is 13.3. The van der Waals surface area contributed by atoms with Crippen LogP contribution in [0.4, 0.5) is 4.39 Å². The first kappa shape index (κ1) is 13.9. The van der Waals surface area contributed by atoms with Gasteiger partial charge in [0.25, 0.3) is 0 Å². The molecule has 0 amide bonds. The first-order valence-corrected chi connectivity index (χ1v) is 7.85. The van der Waals surface area contributed by atoms with E-state index in [9.17, 15) is 12.8 Å². The van der Waals surface area contributed by atoms with E-state index in [-0.39, 0.29) is 17.5 Å². The van der Waals surface area contributed by atoms with Gasteiger partial charge in [0.1, 0.15) is 10.7 Å². The number of benzene rings is 1. The fraction of sp³-hybridized carbons (Fsp3) is 0.455. The maximum Gasteiger partial charge on any atom is 0.246 e. The smallest absolute Gasteiger partial charge is 0.246 e. The van der Waals surface area contributed by atoms with Crippen molar-refractivity contribution in [3.8, 4) is 0 Å². The third-order valence-electron chi connectivity index (χ3n) is 2.93. The molecule has 1 atom stereocenters. The molecule has 2 N–H and O–H groups in total. The Morgan fingerprint density at radius 3 is 2.78 bits per heavy atom. The van der Waals surface area contributed by atoms with E-state index in [4.69, 9.17) is 5.73 Å². The molecule has 7 heteroatoms. The summed E-state index contributed by atoms with van der Waals surface area (Å²) in [5.74, 6) is -0.747. The molecule has 100 valence electrons. The van der Waals surface area contributed by atoms with Crippen LogP contribution in [0.25, 0.3) is 0 Å². The Hall–Kier alpha value is -0.500. The van der Waals surface area contributed by atoms with Crippen molar-refractivity contribution in [3.05, 3.63) is 28.5 Å². The van der Waals surface area contributed by atoms with Crippen LogP contribution in [0.3, 0.4) is 0 Å². The number of nitrogens with zero attached hydrogens (tertiary/aromatic N) is 1. The van der Waals surface area contributed by atoms with Gasteiger partial charge in [-0.1, -0.05) is 15.9 Å². The molecule has 0 bridgehead atoms. The van der Waals surface area contributed by atoms with E-state index in [1.807, 2.05) is 0 Å². The van der Waals surface area contributed by atoms with Crippen LogP contribution in [0.1, 0.15) is 12.8 Å². The topological polar surface area (TPSA) is 63.4 Å². The Bertz CT molecular complexity index is 550. The molecule has 1 saturated heterocycles. The van der Waals surface area contributed by atoms with Crippen molar-refractivity contribution in [2.24, 2.45) is 5.73 Å². The van der Waals surface area contributed by atoms with Gasteiger partial charge in [0.2, 0.25) is 10.0 Å². The molecule has 1 aromatic rings. The average Bonchev–Trinajstić information content (AvgIpc) is 2.28. The van der Waals surface area contributed by atoms with E-state index in [0.29, 0.717) is 17.4 Å². The maximum atomic E-state index is 13.7. The van der Waals surface area contributed by atoms with Gasteiger partial charge in [-0.25, -0.2) is 12.8 Å². The lowest BCUT2D eigenvalue weighted by Crippen LogP contribution is -2.45. The molecule has 1 aliphatic rings. The van der Waals surface area contributed by atoms with E-state index in [1.165, 1.54) is 16.4 Å². The summed E-state index contributed by atoms with van der Waals surface area (Å²) in [7, 11) is -3.78. The van der Waals surface area contributed by atoms with Crippen molar-refractivity contribution >= 4 is 26.0 Å². The van der Waals surface area contributed by atoms with Crippen LogP contribution >= 0.6 is 15.9 Å². The molecular formula is C11H14BrFN2O2S. The van der Waals surface area contributed by atoms with Crippen molar-refractivity contribution in [3.63, 3.8) is 0 Å². The molecule has 2 rings (SSSR count). The summed E-state index contributed by atoms with van der Waals surface area (Å²) in [6.07, 6.45) is 1.51. The van der Waals surface area contributed by atoms with Crippen molar-refractivity contribution in [1.82, 2.24) is 4.31 Å². The molecule has 18 heavy (non-hydrogen) atoms. The van der Waals surface area contributed by atoms with Crippen LogP contribution in [0.15, 0.2) is 27.6 Å². The van der Waals surface area contributed by atoms with Gasteiger partial charge in [-0.15, -0.1) is 0 Å². The lowest BCUT2D eigenvalue weighted by atomic mass is 10.1. The van der Waals surface area contributed by atoms with Crippen molar-refractivity contribution in [2.75, 3.05) is 13.1 Å². The second kappa shape index (κ2) is 5.24. The minimum atomic E-state index is -3.78. The van der Waals surface area contributed by atoms with E-state index < -0.39 is 15.8 Å². The van der Waals surface area contributed by atoms with Crippen molar-refractivity contribution in [2.45, 2.75) is 23.8 Å². The van der Waals surface area contributed by atoms with Gasteiger partial charge in [-0.05, 0) is 31.0 Å². The van der Waals surface area contributed by atoms with Gasteiger partial charge in [0.05, 0.1) is 0 Å². The normalized spacial score (nSPS) is 22.1. The molecule has 0 saturated carbocycles. The molecule has 0 unspecified atom stereocenters. The molecular weight excluding hydrogens is 323 g/mol. The van der Waals surface area contributed by atoms with Crippen LogP contribution in [0, 0.1) is 5.82 Å². The third-order valence-corrected chi connectivity index (χ3v) is 5.32. The predicted molar refractivity (Wildman–Crippen MR) is 70.1 cm³/mol. The minimum Gasteiger partial charge on any atom is -0.327 e. The summed E-state index contributed by atoms with van der Waals surface area (Å²) in [6.45, 7) is 0.642. The highest BCUT2D eigenvalue weighted by atomic mass is 79.9. The molecule has 0 spiro atoms. The number of rotatable bonds is 2. The summed E-state index contributed by atoms with van der Waals surface area (Å²) < 4.78 is 40.1. The molecule has 1 aromatic carbocycles. The van der Waals surface area contributed by atoms with E-state index >= 15 is 0 Å². The van der Waals surface area contributed by atoms with Crippen LogP contribution in [0.2, 0.25) is 0 Å². The van der Waals surface area contributed by atoms with Gasteiger partial charge < -0.3 is 5.73 Å². The van der Waals surface area contributed by atoms with Gasteiger partial charge in [-0.3, -0.25) is 0 Å². The molecule has 1 fully saturated rings. The number of hydrogen-bond acceptors (Lipinski definition) is 3. The average molecular weight is 337 g/mol. The Balaban J connectivity index is 2.35. The lowest BCUT2D eigenvalue weighted by molar-refractivity contribution is 0.315. The summed E-state index contributed by atoms with van der Waals surface area (Å²) in [6, 6.07) is 3.76. The number of nitrogens with two attached hydrogens (primary N) is 1. The Morgan fingerprint density at radius 2 is 2.17 bits per heavy atom. The van der Waals surface area contributed by atoms with Crippen molar-refractivity contribution in [1.29, 1.82) is 0 Å². The summed E-state index contributed by atoms with van der Waals surface area (Å²) in [4.78, 5) is -0.292. The highest BCUT2D eigenvalue weighted by Gasteiger charge is 2.30. The Morgan fingerprint density at radius 1 is 1.44 bits per heavy atom. The second-order valence-corrected chi connectivity index (χ2v) is 7.16. The highest BCUT2D eigenvalue weighted by molar-refractivity contribution is 9.10. The quantitative estimate of drug-likeness (QED) is 0.893. The maximum absolute atomic E-state index is 13.7. The number of sulfonamides is 1. The highest BCUT2D eigenvalue weighted by Crippen LogP contribution is 2.24. The fourth-order valence-electron chi connectivity index (χ4n) is 2.02. The summed E-state index contributed by atoms with van der Waals surface area (Å²) in [5, 5.41) is 0. The van der Waals surface area contributed by atoms with Gasteiger partial charge in [0.15, 0.2) is 0 Å². The molecule has 1 heterocycles. The molecule has 1 aliphatic heterocycles. The van der Waals surface area contributed by atoms with E-state index in [2.05, 4.69) is 15.9 Å². The SMILES string of the molecule is N[C@@H]1CCCN(S(=O)(=O)c2ccc(Br)cc2F)C1. The van der Waals surface area contributed by atoms with Crippen molar-refractivity contribution < 1.29 is 12.8 Å². The second-order valence-electron chi connectivity index (χ2n) is 4.34. The number of piperidine rings is 1. The van der Waals surface area contributed by atoms with Gasteiger partial charge in [-0.2, -0.15) is 4.31 Å². The predicted octanol–water partition coefficient (Wildman–Crippen LogP) is 1.70. The molecule has 4 nitrogen and oxygen atoms in total. The molecule has 0 aromatic heterocycles. The van der Waals surface area contributed by atoms with Crippen LogP contribution in [-0.4, -0.2) is 31.9 Å². The largest absolute Gasteiger partial charge is 0.327 e. The Kier molecular flexibility index (Phi) is 4.05. The van der Waals surface area contributed by atoms with Crippen LogP contribution in [-0.2, 0) is 10.0 Å². The standard InChI is InChI=1S/C11H14BrFN2O2S/c12-8-3-4-11(10(13)6-8)18(16,17)15-5-1-2-9(14)7-15/h3-4,6,9H,1-2,5,7,14H2/t9-/m1/s1. The summed E-state index contributed by atoms with van der Waals surface area (Å²) >= 11 is 3.10. The summed E-state index contributed by atoms with van der Waals surface area (Å²) in [5.41, 5.74) is 5.75. The van der Waals surface area contributed by atoms with Gasteiger partial charge >= 0.3 is 0 Å². The zero-order valence-corrected chi connectivity index (χ0v) is 12.0. The monoisotopic (exact) mass is 336 g/mol. The zero-order valence-electron chi connectivity index (χ0n) is 9.64. The van der Waals surface area contributed by atoms with Crippen LogP contribution < -0.4 is 5.73 Å². The van der Waals surface area contributed by atoms with E-state index in [0.717, 1.165) is 12.5 Å². The first-order valence-electron chi connectivity index (χ1n) is 5.62. The molecule has 0 aliphatic carbocycles. The Labute approximate surface area is 114 Å². The number of hydrogen-bond donors (Lipinski definition) is 1. The van der Waals surface area contributed by atoms with Crippen LogP contribution in [0.5, 0.6) is 0 Å². The number of halogens is 2. The lowest BCUT2D eigenvalue weighted by Gasteiger charge is -2.29. The first-order chi connectivity index (χ1) is 8.41. The third kappa shape index (κ3) is 2.74. The fourth-order valence-corrected chi connectivity index (χ4v) is 3.93. The van der Waals surface area contributed by atoms with E-state index in [1.54, 1.807) is 0 Å². The minimum absolute atomic E-state index is 0.174. The van der Waals surface area contributed by atoms with Gasteiger partial charge in [0, 0.05) is 23.6 Å².